The molecule has 0 saturated carbocycles. The van der Waals surface area contributed by atoms with E-state index in [4.69, 9.17) is 4.74 Å². The molecule has 1 amide bonds. The Morgan fingerprint density at radius 3 is 2.06 bits per heavy atom. The second-order valence-electron chi connectivity index (χ2n) is 7.25. The van der Waals surface area contributed by atoms with E-state index in [2.05, 4.69) is 21.2 Å². The van der Waals surface area contributed by atoms with E-state index in [1.807, 2.05) is 48.5 Å². The van der Waals surface area contributed by atoms with Crippen LogP contribution in [-0.2, 0) is 9.53 Å². The first-order valence-corrected chi connectivity index (χ1v) is 10.5. The van der Waals surface area contributed by atoms with Gasteiger partial charge in [-0.1, -0.05) is 82.7 Å². The Morgan fingerprint density at radius 1 is 0.935 bits per heavy atom. The SMILES string of the molecule is O=C(N[C@@H](c1ccccc1Br)[C@H](O)C(=O)O)OCC1c2ccccc2-c2ccccc21. The third-order valence-electron chi connectivity index (χ3n) is 5.43. The maximum atomic E-state index is 12.6. The van der Waals surface area contributed by atoms with Crippen molar-refractivity contribution in [2.45, 2.75) is 18.1 Å². The Labute approximate surface area is 187 Å². The summed E-state index contributed by atoms with van der Waals surface area (Å²) in [5.41, 5.74) is 4.80. The number of carbonyl (C=O) groups excluding carboxylic acids is 1. The molecule has 1 aliphatic rings. The molecule has 31 heavy (non-hydrogen) atoms. The van der Waals surface area contributed by atoms with Crippen LogP contribution >= 0.6 is 15.9 Å². The predicted octanol–water partition coefficient (Wildman–Crippen LogP) is 4.47. The van der Waals surface area contributed by atoms with Gasteiger partial charge in [-0.05, 0) is 33.9 Å². The van der Waals surface area contributed by atoms with Crippen molar-refractivity contribution in [2.24, 2.45) is 0 Å². The van der Waals surface area contributed by atoms with Gasteiger partial charge in [0.2, 0.25) is 0 Å². The lowest BCUT2D eigenvalue weighted by Crippen LogP contribution is -2.41. The summed E-state index contributed by atoms with van der Waals surface area (Å²) in [6.45, 7) is 0.0890. The summed E-state index contributed by atoms with van der Waals surface area (Å²) in [6, 6.07) is 21.6. The van der Waals surface area contributed by atoms with Crippen molar-refractivity contribution in [3.63, 3.8) is 0 Å². The van der Waals surface area contributed by atoms with Gasteiger partial charge in [-0.15, -0.1) is 0 Å². The highest BCUT2D eigenvalue weighted by atomic mass is 79.9. The van der Waals surface area contributed by atoms with Gasteiger partial charge in [-0.3, -0.25) is 0 Å². The average molecular weight is 482 g/mol. The van der Waals surface area contributed by atoms with E-state index < -0.39 is 24.2 Å². The number of amides is 1. The van der Waals surface area contributed by atoms with Crippen LogP contribution in [0.25, 0.3) is 11.1 Å². The first-order chi connectivity index (χ1) is 15.0. The molecular weight excluding hydrogens is 462 g/mol. The number of fused-ring (bicyclic) bond motifs is 3. The number of aliphatic hydroxyl groups is 1. The van der Waals surface area contributed by atoms with Crippen molar-refractivity contribution < 1.29 is 24.5 Å². The van der Waals surface area contributed by atoms with E-state index in [0.717, 1.165) is 22.3 Å². The second-order valence-corrected chi connectivity index (χ2v) is 8.11. The Hall–Kier alpha value is -3.16. The number of nitrogens with one attached hydrogen (secondary N) is 1. The van der Waals surface area contributed by atoms with Crippen LogP contribution in [0, 0.1) is 0 Å². The fourth-order valence-electron chi connectivity index (χ4n) is 3.96. The number of halogens is 1. The van der Waals surface area contributed by atoms with E-state index >= 15 is 0 Å². The summed E-state index contributed by atoms with van der Waals surface area (Å²) < 4.78 is 6.06. The number of rotatable bonds is 6. The number of carboxylic acid groups (broad SMARTS) is 1. The molecule has 7 heteroatoms. The molecule has 1 aliphatic carbocycles. The molecule has 0 saturated heterocycles. The van der Waals surface area contributed by atoms with E-state index in [9.17, 15) is 19.8 Å². The minimum atomic E-state index is -1.83. The molecule has 0 fully saturated rings. The molecular formula is C24H20BrNO5. The molecule has 2 atom stereocenters. The van der Waals surface area contributed by atoms with Crippen LogP contribution in [0.3, 0.4) is 0 Å². The van der Waals surface area contributed by atoms with Crippen molar-refractivity contribution in [1.82, 2.24) is 5.32 Å². The summed E-state index contributed by atoms with van der Waals surface area (Å²) in [7, 11) is 0. The molecule has 0 aromatic heterocycles. The first kappa shape index (κ1) is 21.1. The van der Waals surface area contributed by atoms with Gasteiger partial charge in [-0.25, -0.2) is 9.59 Å². The molecule has 3 N–H and O–H groups in total. The number of carboxylic acids is 1. The third kappa shape index (κ3) is 4.19. The monoisotopic (exact) mass is 481 g/mol. The van der Waals surface area contributed by atoms with E-state index in [0.29, 0.717) is 10.0 Å². The van der Waals surface area contributed by atoms with Crippen LogP contribution in [-0.4, -0.2) is 35.0 Å². The lowest BCUT2D eigenvalue weighted by Gasteiger charge is -2.23. The molecule has 0 bridgehead atoms. The lowest BCUT2D eigenvalue weighted by atomic mass is 9.98. The molecule has 6 nitrogen and oxygen atoms in total. The molecule has 0 heterocycles. The Morgan fingerprint density at radius 2 is 1.48 bits per heavy atom. The summed E-state index contributed by atoms with van der Waals surface area (Å²) in [5, 5.41) is 21.9. The number of carbonyl (C=O) groups is 2. The highest BCUT2D eigenvalue weighted by Gasteiger charge is 2.32. The average Bonchev–Trinajstić information content (AvgIpc) is 3.10. The molecule has 0 spiro atoms. The molecule has 158 valence electrons. The van der Waals surface area contributed by atoms with Crippen LogP contribution < -0.4 is 5.32 Å². The lowest BCUT2D eigenvalue weighted by molar-refractivity contribution is -0.148. The van der Waals surface area contributed by atoms with Crippen LogP contribution in [0.5, 0.6) is 0 Å². The molecule has 4 rings (SSSR count). The number of aliphatic carboxylic acids is 1. The minimum Gasteiger partial charge on any atom is -0.479 e. The zero-order valence-electron chi connectivity index (χ0n) is 16.4. The zero-order valence-corrected chi connectivity index (χ0v) is 18.0. The minimum absolute atomic E-state index is 0.0890. The summed E-state index contributed by atoms with van der Waals surface area (Å²) in [6.07, 6.45) is -2.64. The largest absolute Gasteiger partial charge is 0.479 e. The highest BCUT2D eigenvalue weighted by molar-refractivity contribution is 9.10. The van der Waals surface area contributed by atoms with Crippen molar-refractivity contribution >= 4 is 28.0 Å². The molecule has 3 aromatic carbocycles. The Kier molecular flexibility index (Phi) is 6.06. The van der Waals surface area contributed by atoms with Gasteiger partial charge in [0.15, 0.2) is 6.10 Å². The number of hydrogen-bond acceptors (Lipinski definition) is 4. The van der Waals surface area contributed by atoms with Gasteiger partial charge in [0.05, 0.1) is 6.04 Å². The van der Waals surface area contributed by atoms with Gasteiger partial charge >= 0.3 is 12.1 Å². The van der Waals surface area contributed by atoms with E-state index in [1.165, 1.54) is 0 Å². The van der Waals surface area contributed by atoms with Gasteiger partial charge in [0, 0.05) is 10.4 Å². The second kappa shape index (κ2) is 8.91. The summed E-state index contributed by atoms with van der Waals surface area (Å²) >= 11 is 3.34. The van der Waals surface area contributed by atoms with Crippen molar-refractivity contribution in [3.05, 3.63) is 94.0 Å². The van der Waals surface area contributed by atoms with E-state index in [1.54, 1.807) is 24.3 Å². The van der Waals surface area contributed by atoms with Crippen molar-refractivity contribution in [3.8, 4) is 11.1 Å². The van der Waals surface area contributed by atoms with Gasteiger partial charge < -0.3 is 20.3 Å². The molecule has 0 unspecified atom stereocenters. The summed E-state index contributed by atoms with van der Waals surface area (Å²) in [4.78, 5) is 24.0. The summed E-state index contributed by atoms with van der Waals surface area (Å²) in [5.74, 6) is -1.57. The van der Waals surface area contributed by atoms with Gasteiger partial charge in [0.1, 0.15) is 6.61 Å². The molecule has 0 radical (unpaired) electrons. The normalized spacial score (nSPS) is 14.3. The van der Waals surface area contributed by atoms with Crippen LogP contribution in [0.15, 0.2) is 77.3 Å². The van der Waals surface area contributed by atoms with Crippen LogP contribution in [0.4, 0.5) is 4.79 Å². The van der Waals surface area contributed by atoms with Crippen molar-refractivity contribution in [1.29, 1.82) is 0 Å². The third-order valence-corrected chi connectivity index (χ3v) is 6.15. The molecule has 0 aliphatic heterocycles. The number of aliphatic hydroxyl groups excluding tert-OH is 1. The van der Waals surface area contributed by atoms with Crippen molar-refractivity contribution in [2.75, 3.05) is 6.61 Å². The standard InChI is InChI=1S/C24H20BrNO5/c25-20-12-6-5-11-18(20)21(22(27)23(28)29)26-24(30)31-13-19-16-9-3-1-7-14(16)15-8-2-4-10-17(15)19/h1-12,19,21-22,27H,13H2,(H,26,30)(H,28,29)/t21-,22-/m0/s1. The first-order valence-electron chi connectivity index (χ1n) is 9.74. The number of hydrogen-bond donors (Lipinski definition) is 3. The maximum absolute atomic E-state index is 12.6. The highest BCUT2D eigenvalue weighted by Crippen LogP contribution is 2.44. The maximum Gasteiger partial charge on any atom is 0.407 e. The number of ether oxygens (including phenoxy) is 1. The predicted molar refractivity (Wildman–Crippen MR) is 119 cm³/mol. The van der Waals surface area contributed by atoms with Crippen LogP contribution in [0.1, 0.15) is 28.7 Å². The Bertz CT molecular complexity index is 1090. The van der Waals surface area contributed by atoms with Gasteiger partial charge in [-0.2, -0.15) is 0 Å². The van der Waals surface area contributed by atoms with E-state index in [-0.39, 0.29) is 12.5 Å². The fraction of sp³-hybridized carbons (Fsp3) is 0.167. The zero-order chi connectivity index (χ0) is 22.0. The smallest absolute Gasteiger partial charge is 0.407 e. The fourth-order valence-corrected chi connectivity index (χ4v) is 4.50. The Balaban J connectivity index is 1.52. The topological polar surface area (TPSA) is 95.9 Å². The quantitative estimate of drug-likeness (QED) is 0.482. The number of benzene rings is 3. The van der Waals surface area contributed by atoms with Crippen LogP contribution in [0.2, 0.25) is 0 Å². The van der Waals surface area contributed by atoms with Gasteiger partial charge in [0.25, 0.3) is 0 Å². The number of alkyl carbamates (subject to hydrolysis) is 1. The molecule has 3 aromatic rings.